The first-order valence-electron chi connectivity index (χ1n) is 11.4. The highest BCUT2D eigenvalue weighted by molar-refractivity contribution is 5.85. The predicted molar refractivity (Wildman–Crippen MR) is 130 cm³/mol. The van der Waals surface area contributed by atoms with E-state index in [1.165, 1.54) is 30.2 Å². The summed E-state index contributed by atoms with van der Waals surface area (Å²) < 4.78 is 43.0. The minimum absolute atomic E-state index is 0.162. The number of carbonyl (C=O) groups is 2. The van der Waals surface area contributed by atoms with Crippen molar-refractivity contribution in [3.63, 3.8) is 0 Å². The van der Waals surface area contributed by atoms with Gasteiger partial charge in [-0.15, -0.1) is 0 Å². The van der Waals surface area contributed by atoms with E-state index in [9.17, 15) is 9.59 Å². The zero-order valence-electron chi connectivity index (χ0n) is 20.0. The molecule has 190 valence electrons. The van der Waals surface area contributed by atoms with E-state index in [1.807, 2.05) is 19.1 Å². The van der Waals surface area contributed by atoms with Gasteiger partial charge in [-0.3, -0.25) is 4.79 Å². The zero-order chi connectivity index (χ0) is 25.8. The lowest BCUT2D eigenvalue weighted by Crippen LogP contribution is -2.46. The second-order valence-corrected chi connectivity index (χ2v) is 8.45. The molecule has 36 heavy (non-hydrogen) atoms. The van der Waals surface area contributed by atoms with Gasteiger partial charge in [0.2, 0.25) is 5.91 Å². The largest absolute Gasteiger partial charge is 0.453 e. The van der Waals surface area contributed by atoms with Gasteiger partial charge in [0.1, 0.15) is 17.3 Å². The molecule has 1 aliphatic heterocycles. The van der Waals surface area contributed by atoms with Crippen LogP contribution in [0, 0.1) is 18.6 Å². The van der Waals surface area contributed by atoms with Crippen LogP contribution in [0.5, 0.6) is 0 Å². The maximum Gasteiger partial charge on any atom is 0.409 e. The summed E-state index contributed by atoms with van der Waals surface area (Å²) in [4.78, 5) is 28.9. The molecule has 9 nitrogen and oxygen atoms in total. The quantitative estimate of drug-likeness (QED) is 0.484. The third-order valence-corrected chi connectivity index (χ3v) is 5.86. The van der Waals surface area contributed by atoms with Crippen molar-refractivity contribution in [1.29, 1.82) is 0 Å². The molecule has 1 aromatic carbocycles. The molecule has 11 heteroatoms. The fourth-order valence-corrected chi connectivity index (χ4v) is 4.20. The first-order valence-corrected chi connectivity index (χ1v) is 11.4. The maximum absolute atomic E-state index is 15.3. The van der Waals surface area contributed by atoms with Crippen LogP contribution in [0.3, 0.4) is 0 Å². The number of hydrogen-bond donors (Lipinski definition) is 2. The van der Waals surface area contributed by atoms with E-state index in [-0.39, 0.29) is 36.5 Å². The summed E-state index contributed by atoms with van der Waals surface area (Å²) in [6, 6.07) is 6.05. The van der Waals surface area contributed by atoms with Gasteiger partial charge >= 0.3 is 6.09 Å². The van der Waals surface area contributed by atoms with Gasteiger partial charge in [0.25, 0.3) is 0 Å². The Hall–Kier alpha value is -3.99. The third-order valence-electron chi connectivity index (χ3n) is 5.86. The summed E-state index contributed by atoms with van der Waals surface area (Å²) in [5, 5.41) is 2.83. The molecule has 1 aliphatic rings. The minimum atomic E-state index is -0.793. The van der Waals surface area contributed by atoms with E-state index >= 15 is 8.78 Å². The molecule has 2 amide bonds. The fourth-order valence-electron chi connectivity index (χ4n) is 4.20. The molecule has 3 N–H and O–H groups in total. The van der Waals surface area contributed by atoms with E-state index < -0.39 is 29.7 Å². The first-order chi connectivity index (χ1) is 17.3. The highest BCUT2D eigenvalue weighted by atomic mass is 19.1. The molecular weight excluding hydrogens is 472 g/mol. The molecule has 1 atom stereocenters. The number of benzene rings is 1. The van der Waals surface area contributed by atoms with Crippen LogP contribution in [0.2, 0.25) is 0 Å². The van der Waals surface area contributed by atoms with Crippen LogP contribution in [0.25, 0.3) is 16.9 Å². The van der Waals surface area contributed by atoms with Gasteiger partial charge in [0, 0.05) is 37.5 Å². The fraction of sp³-hybridized carbons (Fsp3) is 0.320. The molecule has 0 radical (unpaired) electrons. The standard InChI is InChI=1S/C25H27F2N5O4/c1-15-5-7-32-20(13-17-14-31(8-9-36-17)25(34)35-2)24(30-22(32)10-15)23-18(26)11-16(12-19(23)27)29-6-3-4-21(28)33/h3-5,7,10-12,17,29H,6,8-9,13-14H2,1-2H3,(H2,28,33)/b4-3+/t17-/m0/s1. The third kappa shape index (κ3) is 5.46. The number of aryl methyl sites for hydroxylation is 1. The van der Waals surface area contributed by atoms with Crippen molar-refractivity contribution in [3.8, 4) is 11.3 Å². The molecule has 3 aromatic rings. The summed E-state index contributed by atoms with van der Waals surface area (Å²) in [6.07, 6.45) is 3.81. The van der Waals surface area contributed by atoms with Crippen molar-refractivity contribution < 1.29 is 27.8 Å². The summed E-state index contributed by atoms with van der Waals surface area (Å²) in [6.45, 7) is 3.06. The van der Waals surface area contributed by atoms with Crippen LogP contribution < -0.4 is 11.1 Å². The second-order valence-electron chi connectivity index (χ2n) is 8.45. The second kappa shape index (κ2) is 10.7. The molecule has 0 unspecified atom stereocenters. The van der Waals surface area contributed by atoms with Crippen LogP contribution in [0.4, 0.5) is 19.3 Å². The van der Waals surface area contributed by atoms with Crippen LogP contribution >= 0.6 is 0 Å². The number of ether oxygens (including phenoxy) is 2. The average molecular weight is 500 g/mol. The van der Waals surface area contributed by atoms with Gasteiger partial charge in [-0.2, -0.15) is 0 Å². The van der Waals surface area contributed by atoms with E-state index in [1.54, 1.807) is 10.6 Å². The number of morpholine rings is 1. The van der Waals surface area contributed by atoms with Gasteiger partial charge in [0.05, 0.1) is 43.3 Å². The molecule has 2 aromatic heterocycles. The van der Waals surface area contributed by atoms with E-state index in [0.29, 0.717) is 24.5 Å². The number of nitrogens with zero attached hydrogens (tertiary/aromatic N) is 3. The van der Waals surface area contributed by atoms with E-state index in [0.717, 1.165) is 11.6 Å². The van der Waals surface area contributed by atoms with Crippen LogP contribution in [0.15, 0.2) is 42.6 Å². The van der Waals surface area contributed by atoms with Gasteiger partial charge in [-0.25, -0.2) is 18.6 Å². The summed E-state index contributed by atoms with van der Waals surface area (Å²) in [7, 11) is 1.32. The van der Waals surface area contributed by atoms with Gasteiger partial charge in [-0.05, 0) is 36.8 Å². The van der Waals surface area contributed by atoms with Crippen molar-refractivity contribution in [2.45, 2.75) is 19.4 Å². The number of anilines is 1. The Kier molecular flexibility index (Phi) is 7.49. The van der Waals surface area contributed by atoms with Crippen LogP contribution in [-0.4, -0.2) is 65.7 Å². The zero-order valence-corrected chi connectivity index (χ0v) is 20.0. The lowest BCUT2D eigenvalue weighted by Gasteiger charge is -2.32. The van der Waals surface area contributed by atoms with E-state index in [2.05, 4.69) is 10.3 Å². The normalized spacial score (nSPS) is 16.0. The first kappa shape index (κ1) is 25.1. The lowest BCUT2D eigenvalue weighted by atomic mass is 10.0. The Morgan fingerprint density at radius 1 is 1.31 bits per heavy atom. The van der Waals surface area contributed by atoms with Crippen LogP contribution in [0.1, 0.15) is 11.3 Å². The number of halogens is 2. The minimum Gasteiger partial charge on any atom is -0.453 e. The van der Waals surface area contributed by atoms with Crippen LogP contribution in [-0.2, 0) is 20.7 Å². The Morgan fingerprint density at radius 2 is 2.06 bits per heavy atom. The molecule has 0 bridgehead atoms. The molecule has 3 heterocycles. The number of pyridine rings is 1. The molecular formula is C25H27F2N5O4. The number of rotatable bonds is 7. The molecule has 0 spiro atoms. The lowest BCUT2D eigenvalue weighted by molar-refractivity contribution is -0.113. The smallest absolute Gasteiger partial charge is 0.409 e. The monoisotopic (exact) mass is 499 g/mol. The number of fused-ring (bicyclic) bond motifs is 1. The number of imidazole rings is 1. The average Bonchev–Trinajstić information content (AvgIpc) is 3.17. The topological polar surface area (TPSA) is 111 Å². The summed E-state index contributed by atoms with van der Waals surface area (Å²) in [5.74, 6) is -2.20. The Balaban J connectivity index is 1.69. The van der Waals surface area contributed by atoms with E-state index in [4.69, 9.17) is 15.2 Å². The highest BCUT2D eigenvalue weighted by Gasteiger charge is 2.29. The summed E-state index contributed by atoms with van der Waals surface area (Å²) in [5.41, 5.74) is 7.19. The highest BCUT2D eigenvalue weighted by Crippen LogP contribution is 2.33. The van der Waals surface area contributed by atoms with Crippen molar-refractivity contribution in [1.82, 2.24) is 14.3 Å². The number of hydrogen-bond acceptors (Lipinski definition) is 6. The molecule has 4 rings (SSSR count). The number of primary amides is 1. The number of amides is 2. The number of aromatic nitrogens is 2. The molecule has 0 aliphatic carbocycles. The number of methoxy groups -OCH3 is 1. The van der Waals surface area contributed by atoms with Crippen molar-refractivity contribution >= 4 is 23.3 Å². The number of nitrogens with two attached hydrogens (primary N) is 1. The summed E-state index contributed by atoms with van der Waals surface area (Å²) >= 11 is 0. The SMILES string of the molecule is COC(=O)N1CCO[C@@H](Cc2c(-c3c(F)cc(NC/C=C/C(N)=O)cc3F)nc3cc(C)ccn23)C1. The molecule has 1 fully saturated rings. The number of carbonyl (C=O) groups excluding carboxylic acids is 2. The van der Waals surface area contributed by atoms with Crippen molar-refractivity contribution in [3.05, 3.63) is 65.5 Å². The molecule has 1 saturated heterocycles. The predicted octanol–water partition coefficient (Wildman–Crippen LogP) is 3.05. The van der Waals surface area contributed by atoms with Crippen molar-refractivity contribution in [2.75, 3.05) is 38.7 Å². The van der Waals surface area contributed by atoms with Gasteiger partial charge in [0.15, 0.2) is 0 Å². The number of nitrogens with one attached hydrogen (secondary N) is 1. The Morgan fingerprint density at radius 3 is 2.75 bits per heavy atom. The Labute approximate surface area is 206 Å². The van der Waals surface area contributed by atoms with Gasteiger partial charge < -0.3 is 29.8 Å². The van der Waals surface area contributed by atoms with Gasteiger partial charge in [-0.1, -0.05) is 6.08 Å². The Bertz CT molecular complexity index is 1300. The molecule has 0 saturated carbocycles. The maximum atomic E-state index is 15.3. The van der Waals surface area contributed by atoms with Crippen molar-refractivity contribution in [2.24, 2.45) is 5.73 Å².